The number of ether oxygens (including phenoxy) is 1. The molecule has 2 aromatic carbocycles. The zero-order valence-electron chi connectivity index (χ0n) is 19.1. The summed E-state index contributed by atoms with van der Waals surface area (Å²) < 4.78 is 71.3. The van der Waals surface area contributed by atoms with Gasteiger partial charge in [-0.2, -0.15) is 8.78 Å². The Labute approximate surface area is 217 Å². The normalized spacial score (nSPS) is 19.7. The summed E-state index contributed by atoms with van der Waals surface area (Å²) in [5.74, 6) is -9.59. The second kappa shape index (κ2) is 9.57. The summed E-state index contributed by atoms with van der Waals surface area (Å²) in [5, 5.41) is 3.73. The third kappa shape index (κ3) is 5.17. The summed E-state index contributed by atoms with van der Waals surface area (Å²) in [6.45, 7) is -0.588. The van der Waals surface area contributed by atoms with Crippen LogP contribution in [0.15, 0.2) is 36.4 Å². The number of halogens is 6. The maximum Gasteiger partial charge on any atom is 0.573 e. The van der Waals surface area contributed by atoms with E-state index < -0.39 is 59.2 Å². The largest absolute Gasteiger partial charge is 0.573 e. The maximum absolute atomic E-state index is 14.8. The smallest absolute Gasteiger partial charge is 0.405 e. The maximum atomic E-state index is 14.8. The number of benzene rings is 2. The Morgan fingerprint density at radius 3 is 2.50 bits per heavy atom. The van der Waals surface area contributed by atoms with Crippen molar-refractivity contribution in [2.24, 2.45) is 0 Å². The van der Waals surface area contributed by atoms with Crippen LogP contribution < -0.4 is 15.4 Å². The van der Waals surface area contributed by atoms with Crippen molar-refractivity contribution < 1.29 is 45.9 Å². The minimum Gasteiger partial charge on any atom is -0.405 e. The number of carbonyl (C=O) groups is 4. The molecular weight excluding hydrogens is 540 g/mol. The van der Waals surface area contributed by atoms with Gasteiger partial charge in [0.05, 0.1) is 11.0 Å². The van der Waals surface area contributed by atoms with Crippen molar-refractivity contribution in [1.29, 1.82) is 0 Å². The molecule has 0 unspecified atom stereocenters. The molecule has 1 atom stereocenters. The number of hydrogen-bond donors (Lipinski definition) is 2. The van der Waals surface area contributed by atoms with Crippen molar-refractivity contribution in [1.82, 2.24) is 15.5 Å². The lowest BCUT2D eigenvalue weighted by Crippen LogP contribution is -2.63. The molecule has 4 amide bonds. The van der Waals surface area contributed by atoms with Gasteiger partial charge in [0, 0.05) is 30.1 Å². The zero-order chi connectivity index (χ0) is 28.0. The second-order valence-electron chi connectivity index (χ2n) is 8.63. The summed E-state index contributed by atoms with van der Waals surface area (Å²) in [5.41, 5.74) is -2.25. The van der Waals surface area contributed by atoms with Crippen LogP contribution in [-0.2, 0) is 33.4 Å². The first-order chi connectivity index (χ1) is 17.6. The van der Waals surface area contributed by atoms with Crippen LogP contribution in [0, 0.1) is 0 Å². The van der Waals surface area contributed by atoms with Crippen LogP contribution in [0.5, 0.6) is 5.75 Å². The molecule has 2 aliphatic heterocycles. The number of amides is 4. The molecule has 4 rings (SSSR count). The van der Waals surface area contributed by atoms with Gasteiger partial charge in [-0.05, 0) is 41.8 Å². The van der Waals surface area contributed by atoms with Gasteiger partial charge < -0.3 is 15.0 Å². The van der Waals surface area contributed by atoms with Gasteiger partial charge in [0.2, 0.25) is 11.8 Å². The zero-order valence-corrected chi connectivity index (χ0v) is 19.9. The van der Waals surface area contributed by atoms with Gasteiger partial charge >= 0.3 is 12.3 Å². The lowest BCUT2D eigenvalue weighted by atomic mass is 9.70. The van der Waals surface area contributed by atoms with E-state index in [1.807, 2.05) is 5.32 Å². The van der Waals surface area contributed by atoms with Gasteiger partial charge in [0.15, 0.2) is 0 Å². The number of nitrogens with zero attached hydrogens (tertiary/aromatic N) is 1. The predicted octanol–water partition coefficient (Wildman–Crippen LogP) is 2.90. The number of fused-ring (bicyclic) bond motifs is 1. The highest BCUT2D eigenvalue weighted by Gasteiger charge is 2.48. The molecule has 0 saturated carbocycles. The molecule has 15 heteroatoms. The van der Waals surface area contributed by atoms with Crippen LogP contribution in [0.3, 0.4) is 0 Å². The lowest BCUT2D eigenvalue weighted by Gasteiger charge is -2.40. The highest BCUT2D eigenvalue weighted by atomic mass is 35.5. The third-order valence-corrected chi connectivity index (χ3v) is 6.32. The monoisotopic (exact) mass is 555 g/mol. The fourth-order valence-electron chi connectivity index (χ4n) is 4.16. The van der Waals surface area contributed by atoms with Crippen molar-refractivity contribution in [3.05, 3.63) is 63.7 Å². The van der Waals surface area contributed by atoms with Gasteiger partial charge in [-0.25, -0.2) is 0 Å². The molecule has 2 N–H and O–H groups in total. The fraction of sp³-hybridized carbons (Fsp3) is 0.304. The van der Waals surface area contributed by atoms with Crippen LogP contribution in [0.25, 0.3) is 0 Å². The van der Waals surface area contributed by atoms with Gasteiger partial charge in [-0.3, -0.25) is 24.5 Å². The average molecular weight is 556 g/mol. The minimum absolute atomic E-state index is 0.0722. The van der Waals surface area contributed by atoms with E-state index in [0.29, 0.717) is 17.7 Å². The van der Waals surface area contributed by atoms with Gasteiger partial charge in [-0.15, -0.1) is 13.2 Å². The number of alkyl halides is 5. The Morgan fingerprint density at radius 2 is 1.84 bits per heavy atom. The van der Waals surface area contributed by atoms with E-state index in [1.165, 1.54) is 18.2 Å². The van der Waals surface area contributed by atoms with Gasteiger partial charge in [0.25, 0.3) is 11.8 Å². The Balaban J connectivity index is 1.49. The Bertz CT molecular complexity index is 1360. The molecule has 198 valence electrons. The molecule has 2 radical (unpaired) electrons. The van der Waals surface area contributed by atoms with Crippen LogP contribution in [0.2, 0.25) is 5.02 Å². The molecule has 2 aromatic rings. The molecule has 2 aliphatic rings. The number of rotatable bonds is 6. The van der Waals surface area contributed by atoms with E-state index in [9.17, 15) is 41.1 Å². The molecule has 0 aliphatic carbocycles. The number of hydrogen-bond acceptors (Lipinski definition) is 5. The molecule has 0 spiro atoms. The van der Waals surface area contributed by atoms with E-state index in [1.54, 1.807) is 0 Å². The van der Waals surface area contributed by atoms with E-state index in [-0.39, 0.29) is 35.5 Å². The molecule has 2 heterocycles. The van der Waals surface area contributed by atoms with Crippen molar-refractivity contribution >= 4 is 43.1 Å². The third-order valence-electron chi connectivity index (χ3n) is 6.08. The highest BCUT2D eigenvalue weighted by Crippen LogP contribution is 2.39. The average Bonchev–Trinajstić information content (AvgIpc) is 3.15. The minimum atomic E-state index is -5.31. The van der Waals surface area contributed by atoms with Crippen molar-refractivity contribution in [2.75, 3.05) is 0 Å². The summed E-state index contributed by atoms with van der Waals surface area (Å²) in [6.07, 6.45) is -5.48. The highest BCUT2D eigenvalue weighted by molar-refractivity contribution is 6.32. The number of nitrogens with one attached hydrogen (secondary N) is 2. The second-order valence-corrected chi connectivity index (χ2v) is 9.07. The molecule has 1 fully saturated rings. The first kappa shape index (κ1) is 27.4. The molecule has 0 bridgehead atoms. The Morgan fingerprint density at radius 1 is 1.13 bits per heavy atom. The fourth-order valence-corrected chi connectivity index (χ4v) is 4.32. The van der Waals surface area contributed by atoms with E-state index in [4.69, 9.17) is 19.4 Å². The van der Waals surface area contributed by atoms with Crippen LogP contribution in [-0.4, -0.2) is 48.2 Å². The number of piperidine rings is 1. The topological polar surface area (TPSA) is 105 Å². The summed E-state index contributed by atoms with van der Waals surface area (Å²) in [6, 6.07) is 6.12. The molecule has 1 saturated heterocycles. The standard InChI is InChI=1S/C23H16BClF5N3O5/c24-21(6-5-17(34)32-19(21)36)33-10-12-7-11(1-3-14(12)18(33)35)9-31-20(37)22(26,27)15-4-2-13(25)8-16(15)38-23(28,29)30/h1-4,7-8H,5-6,9-10H2,(H,31,37)(H,32,34,36)/t21-/m0/s1. The lowest BCUT2D eigenvalue weighted by molar-refractivity contribution is -0.275. The van der Waals surface area contributed by atoms with E-state index >= 15 is 0 Å². The SMILES string of the molecule is [B][C@]1(N2Cc3cc(CNC(=O)C(F)(F)c4ccc(Cl)cc4OC(F)(F)F)ccc3C2=O)CCC(=O)NC1=O. The summed E-state index contributed by atoms with van der Waals surface area (Å²) >= 11 is 5.59. The molecule has 38 heavy (non-hydrogen) atoms. The molecule has 8 nitrogen and oxygen atoms in total. The summed E-state index contributed by atoms with van der Waals surface area (Å²) in [4.78, 5) is 50.1. The van der Waals surface area contributed by atoms with Crippen molar-refractivity contribution in [2.45, 2.75) is 43.7 Å². The number of imide groups is 1. The quantitative estimate of drug-likeness (QED) is 0.324. The Kier molecular flexibility index (Phi) is 6.89. The molecular formula is C23H16BClF5N3O5. The van der Waals surface area contributed by atoms with Gasteiger partial charge in [0.1, 0.15) is 13.6 Å². The first-order valence-electron chi connectivity index (χ1n) is 10.9. The molecule has 0 aromatic heterocycles. The van der Waals surface area contributed by atoms with E-state index in [0.717, 1.165) is 11.0 Å². The summed E-state index contributed by atoms with van der Waals surface area (Å²) in [7, 11) is 6.15. The van der Waals surface area contributed by atoms with E-state index in [2.05, 4.69) is 10.1 Å². The van der Waals surface area contributed by atoms with Crippen LogP contribution >= 0.6 is 11.6 Å². The Hall–Kier alpha value is -3.68. The number of carbonyl (C=O) groups excluding carboxylic acids is 4. The van der Waals surface area contributed by atoms with Gasteiger partial charge in [-0.1, -0.05) is 23.7 Å². The van der Waals surface area contributed by atoms with Crippen LogP contribution in [0.1, 0.15) is 39.9 Å². The van der Waals surface area contributed by atoms with Crippen molar-refractivity contribution in [3.8, 4) is 5.75 Å². The van der Waals surface area contributed by atoms with Crippen LogP contribution in [0.4, 0.5) is 22.0 Å². The van der Waals surface area contributed by atoms with Crippen molar-refractivity contribution in [3.63, 3.8) is 0 Å². The first-order valence-corrected chi connectivity index (χ1v) is 11.3. The predicted molar refractivity (Wildman–Crippen MR) is 121 cm³/mol.